The fraction of sp³-hybridized carbons (Fsp3) is 0.511. The Morgan fingerprint density at radius 1 is 0.655 bits per heavy atom. The average molecular weight is 754 g/mol. The molecule has 10 nitrogen and oxygen atoms in total. The van der Waals surface area contributed by atoms with E-state index in [1.165, 1.54) is 0 Å². The molecule has 1 aliphatic rings. The molecule has 0 N–H and O–H groups in total. The first-order valence-electron chi connectivity index (χ1n) is 20.1. The van der Waals surface area contributed by atoms with Gasteiger partial charge in [-0.05, 0) is 66.5 Å². The number of likely N-dealkylation sites (N-methyl/N-ethyl adjacent to an activating group) is 2. The maximum absolute atomic E-state index is 12.9. The second-order valence-corrected chi connectivity index (χ2v) is 15.0. The molecular weight excluding hydrogens is 691 g/mol. The van der Waals surface area contributed by atoms with E-state index in [1.807, 2.05) is 74.4 Å². The van der Waals surface area contributed by atoms with Crippen LogP contribution in [0.15, 0.2) is 78.9 Å². The number of carbonyl (C=O) groups excluding carboxylic acids is 4. The van der Waals surface area contributed by atoms with E-state index in [0.717, 1.165) is 92.6 Å². The van der Waals surface area contributed by atoms with Gasteiger partial charge in [-0.15, -0.1) is 0 Å². The SMILES string of the molecule is CCC(=O)N(C)CCCN(C)C(=O)Cc1ccc(N(C)CCCCCC(=O)N(C)CCN2CCC(OC(=O)Cc3ccccc3-c3ccccc3)CC2)cc1. The van der Waals surface area contributed by atoms with Gasteiger partial charge in [0.05, 0.1) is 12.8 Å². The zero-order valence-electron chi connectivity index (χ0n) is 33.9. The number of benzene rings is 3. The van der Waals surface area contributed by atoms with Crippen molar-refractivity contribution in [2.45, 2.75) is 77.2 Å². The number of nitrogens with zero attached hydrogens (tertiary/aromatic N) is 5. The standard InChI is InChI=1S/C45H63N5O5/c1-6-42(51)47(3)28-15-29-48(4)44(53)34-36-21-23-39(24-22-36)46(2)27-14-8-11-20-43(52)49(5)32-33-50-30-25-40(26-31-50)55-45(54)35-38-18-12-13-19-41(38)37-16-9-7-10-17-37/h7,9-10,12-13,16-19,21-24,40H,6,8,11,14-15,20,25-35H2,1-5H3. The number of piperidine rings is 1. The van der Waals surface area contributed by atoms with Crippen molar-refractivity contribution in [2.24, 2.45) is 0 Å². The van der Waals surface area contributed by atoms with E-state index < -0.39 is 0 Å². The van der Waals surface area contributed by atoms with Gasteiger partial charge in [-0.25, -0.2) is 0 Å². The van der Waals surface area contributed by atoms with Gasteiger partial charge >= 0.3 is 5.97 Å². The lowest BCUT2D eigenvalue weighted by atomic mass is 9.98. The van der Waals surface area contributed by atoms with Crippen LogP contribution < -0.4 is 4.90 Å². The summed E-state index contributed by atoms with van der Waals surface area (Å²) in [7, 11) is 7.59. The van der Waals surface area contributed by atoms with Crippen LogP contribution in [-0.2, 0) is 36.8 Å². The lowest BCUT2D eigenvalue weighted by Crippen LogP contribution is -2.42. The highest BCUT2D eigenvalue weighted by Crippen LogP contribution is 2.25. The first-order valence-corrected chi connectivity index (χ1v) is 20.1. The van der Waals surface area contributed by atoms with E-state index in [1.54, 1.807) is 16.8 Å². The highest BCUT2D eigenvalue weighted by Gasteiger charge is 2.23. The molecule has 3 aromatic rings. The number of likely N-dealkylation sites (tertiary alicyclic amines) is 1. The third kappa shape index (κ3) is 14.5. The van der Waals surface area contributed by atoms with Crippen LogP contribution in [0.2, 0.25) is 0 Å². The zero-order valence-corrected chi connectivity index (χ0v) is 33.9. The van der Waals surface area contributed by atoms with Crippen molar-refractivity contribution in [3.8, 4) is 11.1 Å². The van der Waals surface area contributed by atoms with Crippen molar-refractivity contribution in [2.75, 3.05) is 78.9 Å². The van der Waals surface area contributed by atoms with Gasteiger partial charge < -0.3 is 29.2 Å². The molecule has 10 heteroatoms. The number of carbonyl (C=O) groups is 4. The largest absolute Gasteiger partial charge is 0.462 e. The van der Waals surface area contributed by atoms with Gasteiger partial charge in [0.15, 0.2) is 0 Å². The predicted octanol–water partition coefficient (Wildman–Crippen LogP) is 6.32. The highest BCUT2D eigenvalue weighted by molar-refractivity contribution is 5.79. The van der Waals surface area contributed by atoms with Gasteiger partial charge in [-0.1, -0.05) is 80.1 Å². The van der Waals surface area contributed by atoms with E-state index in [-0.39, 0.29) is 36.2 Å². The molecule has 1 saturated heterocycles. The van der Waals surface area contributed by atoms with E-state index in [0.29, 0.717) is 38.9 Å². The minimum Gasteiger partial charge on any atom is -0.462 e. The Labute approximate surface area is 329 Å². The predicted molar refractivity (Wildman–Crippen MR) is 221 cm³/mol. The van der Waals surface area contributed by atoms with Gasteiger partial charge in [-0.3, -0.25) is 19.2 Å². The summed E-state index contributed by atoms with van der Waals surface area (Å²) in [6, 6.07) is 26.3. The number of hydrogen-bond donors (Lipinski definition) is 0. The summed E-state index contributed by atoms with van der Waals surface area (Å²) in [6.45, 7) is 7.25. The Morgan fingerprint density at radius 3 is 1.98 bits per heavy atom. The van der Waals surface area contributed by atoms with E-state index in [2.05, 4.69) is 47.2 Å². The minimum atomic E-state index is -0.180. The normalized spacial score (nSPS) is 13.3. The number of amides is 3. The number of anilines is 1. The monoisotopic (exact) mass is 753 g/mol. The molecule has 0 radical (unpaired) electrons. The zero-order chi connectivity index (χ0) is 39.6. The van der Waals surface area contributed by atoms with Crippen LogP contribution in [0.1, 0.15) is 69.4 Å². The van der Waals surface area contributed by atoms with E-state index in [4.69, 9.17) is 4.74 Å². The fourth-order valence-corrected chi connectivity index (χ4v) is 6.99. The Hall–Kier alpha value is -4.70. The molecule has 1 fully saturated rings. The number of unbranched alkanes of at least 4 members (excludes halogenated alkanes) is 2. The first-order chi connectivity index (χ1) is 26.5. The van der Waals surface area contributed by atoms with Crippen molar-refractivity contribution in [3.63, 3.8) is 0 Å². The summed E-state index contributed by atoms with van der Waals surface area (Å²) in [4.78, 5) is 60.0. The molecule has 55 heavy (non-hydrogen) atoms. The van der Waals surface area contributed by atoms with Crippen LogP contribution in [0.25, 0.3) is 11.1 Å². The number of rotatable bonds is 21. The van der Waals surface area contributed by atoms with Gasteiger partial charge in [0.25, 0.3) is 0 Å². The first kappa shape index (κ1) is 43.0. The molecule has 298 valence electrons. The number of esters is 1. The molecule has 0 aliphatic carbocycles. The van der Waals surface area contributed by atoms with Gasteiger partial charge in [0, 0.05) is 92.5 Å². The summed E-state index contributed by atoms with van der Waals surface area (Å²) < 4.78 is 5.89. The third-order valence-electron chi connectivity index (χ3n) is 10.7. The maximum atomic E-state index is 12.9. The van der Waals surface area contributed by atoms with Crippen molar-refractivity contribution in [1.82, 2.24) is 19.6 Å². The van der Waals surface area contributed by atoms with Gasteiger partial charge in [0.1, 0.15) is 6.10 Å². The van der Waals surface area contributed by atoms with E-state index >= 15 is 0 Å². The lowest BCUT2D eigenvalue weighted by Gasteiger charge is -2.32. The fourth-order valence-electron chi connectivity index (χ4n) is 6.99. The van der Waals surface area contributed by atoms with Gasteiger partial charge in [-0.2, -0.15) is 0 Å². The molecule has 0 spiro atoms. The highest BCUT2D eigenvalue weighted by atomic mass is 16.5. The Bertz CT molecular complexity index is 1640. The molecule has 0 atom stereocenters. The van der Waals surface area contributed by atoms with Crippen molar-refractivity contribution in [1.29, 1.82) is 0 Å². The second kappa shape index (κ2) is 22.6. The van der Waals surface area contributed by atoms with Crippen molar-refractivity contribution >= 4 is 29.4 Å². The minimum absolute atomic E-state index is 0.0673. The maximum Gasteiger partial charge on any atom is 0.310 e. The van der Waals surface area contributed by atoms with Crippen LogP contribution in [0.5, 0.6) is 0 Å². The summed E-state index contributed by atoms with van der Waals surface area (Å²) in [5, 5.41) is 0. The van der Waals surface area contributed by atoms with E-state index in [9.17, 15) is 19.2 Å². The summed E-state index contributed by atoms with van der Waals surface area (Å²) >= 11 is 0. The molecule has 1 aliphatic heterocycles. The topological polar surface area (TPSA) is 93.7 Å². The molecule has 1 heterocycles. The number of ether oxygens (including phenoxy) is 1. The molecule has 0 saturated carbocycles. The molecule has 0 unspecified atom stereocenters. The Balaban J connectivity index is 1.04. The molecule has 0 aromatic heterocycles. The third-order valence-corrected chi connectivity index (χ3v) is 10.7. The quantitative estimate of drug-likeness (QED) is 0.0930. The molecule has 0 bridgehead atoms. The molecule has 3 aromatic carbocycles. The lowest BCUT2D eigenvalue weighted by molar-refractivity contribution is -0.150. The molecule has 4 rings (SSSR count). The van der Waals surface area contributed by atoms with Crippen molar-refractivity contribution in [3.05, 3.63) is 90.0 Å². The number of hydrogen-bond acceptors (Lipinski definition) is 7. The summed E-state index contributed by atoms with van der Waals surface area (Å²) in [6.07, 6.45) is 6.81. The summed E-state index contributed by atoms with van der Waals surface area (Å²) in [5.41, 5.74) is 5.23. The van der Waals surface area contributed by atoms with Crippen LogP contribution in [0.4, 0.5) is 5.69 Å². The average Bonchev–Trinajstić information content (AvgIpc) is 3.20. The van der Waals surface area contributed by atoms with Crippen LogP contribution >= 0.6 is 0 Å². The molecular formula is C45H63N5O5. The van der Waals surface area contributed by atoms with Crippen molar-refractivity contribution < 1.29 is 23.9 Å². The van der Waals surface area contributed by atoms with Crippen LogP contribution in [-0.4, -0.2) is 123 Å². The smallest absolute Gasteiger partial charge is 0.310 e. The second-order valence-electron chi connectivity index (χ2n) is 15.0. The Morgan fingerprint density at radius 2 is 1.29 bits per heavy atom. The van der Waals surface area contributed by atoms with Gasteiger partial charge in [0.2, 0.25) is 17.7 Å². The Kier molecular flexibility index (Phi) is 17.7. The summed E-state index contributed by atoms with van der Waals surface area (Å²) in [5.74, 6) is 0.195. The molecule has 3 amide bonds. The van der Waals surface area contributed by atoms with Crippen LogP contribution in [0.3, 0.4) is 0 Å². The van der Waals surface area contributed by atoms with Crippen LogP contribution in [0, 0.1) is 0 Å².